The second-order valence-corrected chi connectivity index (χ2v) is 7.59. The minimum Gasteiger partial charge on any atom is -0.384 e. The molecule has 0 amide bonds. The van der Waals surface area contributed by atoms with E-state index in [0.717, 1.165) is 60.2 Å². The third kappa shape index (κ3) is 3.52. The zero-order valence-electron chi connectivity index (χ0n) is 15.1. The number of piperidine rings is 1. The van der Waals surface area contributed by atoms with Crippen LogP contribution in [0.4, 0.5) is 5.82 Å². The first-order valence-corrected chi connectivity index (χ1v) is 10.0. The van der Waals surface area contributed by atoms with Crippen molar-refractivity contribution in [2.75, 3.05) is 25.1 Å². The molecule has 0 bridgehead atoms. The van der Waals surface area contributed by atoms with Crippen molar-refractivity contribution in [1.82, 2.24) is 29.5 Å². The summed E-state index contributed by atoms with van der Waals surface area (Å²) in [5.41, 5.74) is 10.2. The van der Waals surface area contributed by atoms with Crippen LogP contribution < -0.4 is 5.73 Å². The Morgan fingerprint density at radius 2 is 2.08 bits per heavy atom. The lowest BCUT2D eigenvalue weighted by Gasteiger charge is -2.32. The van der Waals surface area contributed by atoms with Gasteiger partial charge in [0.1, 0.15) is 5.82 Å². The van der Waals surface area contributed by atoms with Gasteiger partial charge in [0, 0.05) is 49.1 Å². The van der Waals surface area contributed by atoms with Gasteiger partial charge in [0.25, 0.3) is 0 Å². The molecule has 136 valence electrons. The molecule has 0 radical (unpaired) electrons. The molecule has 0 spiro atoms. The van der Waals surface area contributed by atoms with Crippen molar-refractivity contribution < 1.29 is 0 Å². The third-order valence-electron chi connectivity index (χ3n) is 4.79. The summed E-state index contributed by atoms with van der Waals surface area (Å²) in [5.74, 6) is 1.04. The number of fused-ring (bicyclic) bond motifs is 1. The number of nitrogens with zero attached hydrogens (tertiary/aromatic N) is 6. The van der Waals surface area contributed by atoms with Crippen LogP contribution in [0, 0.1) is 6.92 Å². The molecule has 2 N–H and O–H groups in total. The third-order valence-corrected chi connectivity index (χ3v) is 5.37. The quantitative estimate of drug-likeness (QED) is 0.558. The Hall–Kier alpha value is -2.19. The van der Waals surface area contributed by atoms with Gasteiger partial charge in [-0.05, 0) is 32.6 Å². The lowest BCUT2D eigenvalue weighted by Crippen LogP contribution is -2.34. The summed E-state index contributed by atoms with van der Waals surface area (Å²) in [7, 11) is 0. The van der Waals surface area contributed by atoms with Crippen molar-refractivity contribution in [3.8, 4) is 0 Å². The van der Waals surface area contributed by atoms with Crippen molar-refractivity contribution in [3.05, 3.63) is 41.5 Å². The molecule has 4 rings (SSSR count). The summed E-state index contributed by atoms with van der Waals surface area (Å²) < 4.78 is 1.71. The number of hydrogen-bond donors (Lipinski definition) is 1. The Morgan fingerprint density at radius 1 is 1.27 bits per heavy atom. The summed E-state index contributed by atoms with van der Waals surface area (Å²) in [6.45, 7) is 4.89. The SMILES string of the molecule is CSc1ncc(CN2CCCC(c3cc(N)n4nc(C)cc4n3)C2)cn1. The number of thioether (sulfide) groups is 1. The number of aromatic nitrogens is 5. The molecular formula is C18H23N7S. The van der Waals surface area contributed by atoms with Gasteiger partial charge < -0.3 is 5.73 Å². The van der Waals surface area contributed by atoms with Gasteiger partial charge in [0.2, 0.25) is 0 Å². The van der Waals surface area contributed by atoms with Gasteiger partial charge in [0.15, 0.2) is 10.8 Å². The molecule has 1 aliphatic heterocycles. The second-order valence-electron chi connectivity index (χ2n) is 6.81. The minimum atomic E-state index is 0.387. The molecule has 1 atom stereocenters. The topological polar surface area (TPSA) is 85.2 Å². The van der Waals surface area contributed by atoms with Crippen molar-refractivity contribution in [3.63, 3.8) is 0 Å². The number of anilines is 1. The lowest BCUT2D eigenvalue weighted by molar-refractivity contribution is 0.198. The second kappa shape index (κ2) is 7.20. The summed E-state index contributed by atoms with van der Waals surface area (Å²) in [5, 5.41) is 5.20. The van der Waals surface area contributed by atoms with E-state index in [-0.39, 0.29) is 0 Å². The fraction of sp³-hybridized carbons (Fsp3) is 0.444. The van der Waals surface area contributed by atoms with Crippen LogP contribution in [0.1, 0.15) is 35.7 Å². The van der Waals surface area contributed by atoms with Crippen LogP contribution in [0.3, 0.4) is 0 Å². The molecule has 0 aromatic carbocycles. The number of likely N-dealkylation sites (tertiary alicyclic amines) is 1. The fourth-order valence-electron chi connectivity index (χ4n) is 3.57. The number of nitrogen functional groups attached to an aromatic ring is 1. The molecule has 1 fully saturated rings. The summed E-state index contributed by atoms with van der Waals surface area (Å²) in [6.07, 6.45) is 8.13. The van der Waals surface area contributed by atoms with E-state index in [9.17, 15) is 0 Å². The molecule has 1 saturated heterocycles. The van der Waals surface area contributed by atoms with Crippen LogP contribution in [-0.4, -0.2) is 48.8 Å². The molecular weight excluding hydrogens is 346 g/mol. The normalized spacial score (nSPS) is 18.5. The van der Waals surface area contributed by atoms with Crippen LogP contribution in [0.5, 0.6) is 0 Å². The Labute approximate surface area is 157 Å². The minimum absolute atomic E-state index is 0.387. The largest absolute Gasteiger partial charge is 0.384 e. The van der Waals surface area contributed by atoms with E-state index in [4.69, 9.17) is 10.7 Å². The van der Waals surface area contributed by atoms with Crippen LogP contribution >= 0.6 is 11.8 Å². The highest BCUT2D eigenvalue weighted by atomic mass is 32.2. The Bertz CT molecular complexity index is 906. The van der Waals surface area contributed by atoms with E-state index < -0.39 is 0 Å². The van der Waals surface area contributed by atoms with Crippen molar-refractivity contribution >= 4 is 23.2 Å². The van der Waals surface area contributed by atoms with Gasteiger partial charge in [-0.25, -0.2) is 15.0 Å². The predicted octanol–water partition coefficient (Wildman–Crippen LogP) is 2.51. The smallest absolute Gasteiger partial charge is 0.187 e. The molecule has 3 aromatic rings. The monoisotopic (exact) mass is 369 g/mol. The first kappa shape index (κ1) is 17.2. The Morgan fingerprint density at radius 3 is 2.85 bits per heavy atom. The zero-order valence-corrected chi connectivity index (χ0v) is 15.9. The van der Waals surface area contributed by atoms with E-state index in [0.29, 0.717) is 11.7 Å². The van der Waals surface area contributed by atoms with Crippen LogP contribution in [0.2, 0.25) is 0 Å². The highest BCUT2D eigenvalue weighted by molar-refractivity contribution is 7.98. The summed E-state index contributed by atoms with van der Waals surface area (Å²) in [4.78, 5) is 16.0. The summed E-state index contributed by atoms with van der Waals surface area (Å²) in [6, 6.07) is 3.95. The summed E-state index contributed by atoms with van der Waals surface area (Å²) >= 11 is 1.56. The molecule has 4 heterocycles. The number of hydrogen-bond acceptors (Lipinski definition) is 7. The molecule has 1 aliphatic rings. The zero-order chi connectivity index (χ0) is 18.1. The van der Waals surface area contributed by atoms with Crippen molar-refractivity contribution in [1.29, 1.82) is 0 Å². The molecule has 1 unspecified atom stereocenters. The van der Waals surface area contributed by atoms with Gasteiger partial charge in [0.05, 0.1) is 11.4 Å². The number of nitrogens with two attached hydrogens (primary N) is 1. The first-order valence-electron chi connectivity index (χ1n) is 8.82. The maximum Gasteiger partial charge on any atom is 0.187 e. The standard InChI is InChI=1S/C18H23N7S/c1-12-6-17-22-15(7-16(19)25(17)23-12)14-4-3-5-24(11-14)10-13-8-20-18(26-2)21-9-13/h6-9,14H,3-5,10-11,19H2,1-2H3. The highest BCUT2D eigenvalue weighted by Gasteiger charge is 2.23. The van der Waals surface area contributed by atoms with Gasteiger partial charge in [-0.15, -0.1) is 0 Å². The maximum absolute atomic E-state index is 6.19. The van der Waals surface area contributed by atoms with Gasteiger partial charge >= 0.3 is 0 Å². The number of rotatable bonds is 4. The first-order chi connectivity index (χ1) is 12.6. The van der Waals surface area contributed by atoms with E-state index in [1.807, 2.05) is 37.7 Å². The molecule has 26 heavy (non-hydrogen) atoms. The average molecular weight is 369 g/mol. The molecule has 7 nitrogen and oxygen atoms in total. The van der Waals surface area contributed by atoms with E-state index in [2.05, 4.69) is 20.0 Å². The predicted molar refractivity (Wildman–Crippen MR) is 103 cm³/mol. The van der Waals surface area contributed by atoms with E-state index in [1.54, 1.807) is 16.3 Å². The molecule has 0 saturated carbocycles. The Balaban J connectivity index is 1.51. The Kier molecular flexibility index (Phi) is 4.78. The molecule has 3 aromatic heterocycles. The van der Waals surface area contributed by atoms with Crippen molar-refractivity contribution in [2.45, 2.75) is 37.4 Å². The van der Waals surface area contributed by atoms with Gasteiger partial charge in [-0.3, -0.25) is 4.90 Å². The van der Waals surface area contributed by atoms with E-state index >= 15 is 0 Å². The van der Waals surface area contributed by atoms with E-state index in [1.165, 1.54) is 0 Å². The molecule has 8 heteroatoms. The van der Waals surface area contributed by atoms with Crippen LogP contribution in [0.25, 0.3) is 5.65 Å². The lowest BCUT2D eigenvalue weighted by atomic mass is 9.94. The maximum atomic E-state index is 6.19. The van der Waals surface area contributed by atoms with Gasteiger partial charge in [-0.2, -0.15) is 9.61 Å². The van der Waals surface area contributed by atoms with Crippen LogP contribution in [0.15, 0.2) is 29.7 Å². The van der Waals surface area contributed by atoms with Crippen molar-refractivity contribution in [2.24, 2.45) is 0 Å². The molecule has 0 aliphatic carbocycles. The van der Waals surface area contributed by atoms with Crippen LogP contribution in [-0.2, 0) is 6.54 Å². The van der Waals surface area contributed by atoms with Gasteiger partial charge in [-0.1, -0.05) is 11.8 Å². The highest BCUT2D eigenvalue weighted by Crippen LogP contribution is 2.28. The number of aryl methyl sites for hydroxylation is 1. The fourth-order valence-corrected chi connectivity index (χ4v) is 3.89. The average Bonchev–Trinajstić information content (AvgIpc) is 3.03.